The van der Waals surface area contributed by atoms with E-state index in [2.05, 4.69) is 51.8 Å². The lowest BCUT2D eigenvalue weighted by atomic mass is 9.86. The number of anilines is 1. The van der Waals surface area contributed by atoms with E-state index in [0.717, 1.165) is 19.7 Å². The summed E-state index contributed by atoms with van der Waals surface area (Å²) in [5.74, 6) is 0. The lowest BCUT2D eigenvalue weighted by Gasteiger charge is -2.56. The van der Waals surface area contributed by atoms with Crippen molar-refractivity contribution in [2.24, 2.45) is 0 Å². The van der Waals surface area contributed by atoms with Crippen molar-refractivity contribution in [2.45, 2.75) is 12.0 Å². The second kappa shape index (κ2) is 3.10. The SMILES string of the molecule is Ic1ccc(N2CC3(CCO3)C2)cc1. The summed E-state index contributed by atoms with van der Waals surface area (Å²) in [5.41, 5.74) is 1.56. The van der Waals surface area contributed by atoms with E-state index >= 15 is 0 Å². The van der Waals surface area contributed by atoms with E-state index in [-0.39, 0.29) is 5.60 Å². The highest BCUT2D eigenvalue weighted by molar-refractivity contribution is 14.1. The molecule has 74 valence electrons. The third-order valence-electron chi connectivity index (χ3n) is 3.12. The number of hydrogen-bond donors (Lipinski definition) is 0. The zero-order valence-corrected chi connectivity index (χ0v) is 10.0. The molecule has 0 bridgehead atoms. The molecule has 0 saturated carbocycles. The van der Waals surface area contributed by atoms with Crippen molar-refractivity contribution in [3.05, 3.63) is 27.8 Å². The van der Waals surface area contributed by atoms with Crippen molar-refractivity contribution >= 4 is 28.3 Å². The topological polar surface area (TPSA) is 12.5 Å². The minimum atomic E-state index is 0.239. The van der Waals surface area contributed by atoms with Crippen LogP contribution >= 0.6 is 22.6 Å². The lowest BCUT2D eigenvalue weighted by Crippen LogP contribution is -2.68. The summed E-state index contributed by atoms with van der Waals surface area (Å²) in [4.78, 5) is 2.38. The summed E-state index contributed by atoms with van der Waals surface area (Å²) in [6.07, 6.45) is 1.24. The molecule has 0 aromatic heterocycles. The molecule has 0 amide bonds. The minimum absolute atomic E-state index is 0.239. The van der Waals surface area contributed by atoms with Crippen LogP contribution in [0, 0.1) is 3.57 Å². The zero-order chi connectivity index (χ0) is 9.60. The Hall–Kier alpha value is -0.290. The fraction of sp³-hybridized carbons (Fsp3) is 0.455. The van der Waals surface area contributed by atoms with Crippen LogP contribution in [-0.4, -0.2) is 25.3 Å². The fourth-order valence-corrected chi connectivity index (χ4v) is 2.48. The van der Waals surface area contributed by atoms with Crippen LogP contribution in [0.5, 0.6) is 0 Å². The zero-order valence-electron chi connectivity index (χ0n) is 7.87. The van der Waals surface area contributed by atoms with Gasteiger partial charge in [-0.2, -0.15) is 0 Å². The predicted octanol–water partition coefficient (Wildman–Crippen LogP) is 2.27. The van der Waals surface area contributed by atoms with E-state index < -0.39 is 0 Å². The van der Waals surface area contributed by atoms with Gasteiger partial charge >= 0.3 is 0 Å². The maximum Gasteiger partial charge on any atom is 0.105 e. The standard InChI is InChI=1S/C11H12INO/c12-9-1-3-10(4-2-9)13-7-11(8-13)5-6-14-11/h1-4H,5-8H2. The Morgan fingerprint density at radius 2 is 1.86 bits per heavy atom. The molecule has 2 nitrogen and oxygen atoms in total. The first-order valence-electron chi connectivity index (χ1n) is 4.92. The Morgan fingerprint density at radius 1 is 1.21 bits per heavy atom. The molecule has 0 radical (unpaired) electrons. The summed E-state index contributed by atoms with van der Waals surface area (Å²) in [5, 5.41) is 0. The summed E-state index contributed by atoms with van der Waals surface area (Å²) in [6, 6.07) is 8.69. The van der Waals surface area contributed by atoms with Crippen LogP contribution in [0.1, 0.15) is 6.42 Å². The third kappa shape index (κ3) is 1.34. The van der Waals surface area contributed by atoms with Gasteiger partial charge in [0.1, 0.15) is 5.60 Å². The van der Waals surface area contributed by atoms with Crippen molar-refractivity contribution in [3.8, 4) is 0 Å². The van der Waals surface area contributed by atoms with Gasteiger partial charge in [-0.05, 0) is 46.9 Å². The molecular formula is C11H12INO. The largest absolute Gasteiger partial charge is 0.371 e. The Morgan fingerprint density at radius 3 is 2.36 bits per heavy atom. The van der Waals surface area contributed by atoms with Gasteiger partial charge < -0.3 is 9.64 Å². The Balaban J connectivity index is 1.70. The van der Waals surface area contributed by atoms with Gasteiger partial charge in [-0.15, -0.1) is 0 Å². The van der Waals surface area contributed by atoms with Crippen LogP contribution in [0.15, 0.2) is 24.3 Å². The summed E-state index contributed by atoms with van der Waals surface area (Å²) < 4.78 is 6.88. The fourth-order valence-electron chi connectivity index (χ4n) is 2.12. The molecule has 14 heavy (non-hydrogen) atoms. The molecule has 0 atom stereocenters. The first-order chi connectivity index (χ1) is 6.77. The van der Waals surface area contributed by atoms with Crippen molar-refractivity contribution in [3.63, 3.8) is 0 Å². The molecule has 2 aliphatic heterocycles. The van der Waals surface area contributed by atoms with Gasteiger partial charge in [0, 0.05) is 28.8 Å². The van der Waals surface area contributed by atoms with Gasteiger partial charge in [-0.1, -0.05) is 0 Å². The molecule has 2 aliphatic rings. The van der Waals surface area contributed by atoms with Crippen LogP contribution in [0.4, 0.5) is 5.69 Å². The first-order valence-corrected chi connectivity index (χ1v) is 6.00. The molecule has 0 aliphatic carbocycles. The molecule has 1 aromatic carbocycles. The molecule has 3 heteroatoms. The van der Waals surface area contributed by atoms with Crippen LogP contribution in [-0.2, 0) is 4.74 Å². The second-order valence-electron chi connectivity index (χ2n) is 4.11. The average Bonchev–Trinajstić information content (AvgIpc) is 2.03. The molecule has 1 spiro atoms. The minimum Gasteiger partial charge on any atom is -0.371 e. The number of ether oxygens (including phenoxy) is 1. The van der Waals surface area contributed by atoms with Crippen LogP contribution in [0.2, 0.25) is 0 Å². The third-order valence-corrected chi connectivity index (χ3v) is 3.83. The number of benzene rings is 1. The molecule has 3 rings (SSSR count). The van der Waals surface area contributed by atoms with Gasteiger partial charge in [0.25, 0.3) is 0 Å². The monoisotopic (exact) mass is 301 g/mol. The van der Waals surface area contributed by atoms with Crippen molar-refractivity contribution in [1.29, 1.82) is 0 Å². The van der Waals surface area contributed by atoms with E-state index in [1.165, 1.54) is 15.7 Å². The summed E-state index contributed by atoms with van der Waals surface area (Å²) in [7, 11) is 0. The lowest BCUT2D eigenvalue weighted by molar-refractivity contribution is -0.160. The van der Waals surface area contributed by atoms with Gasteiger partial charge in [0.05, 0.1) is 6.61 Å². The predicted molar refractivity (Wildman–Crippen MR) is 64.7 cm³/mol. The van der Waals surface area contributed by atoms with Crippen LogP contribution < -0.4 is 4.90 Å². The molecular weight excluding hydrogens is 289 g/mol. The number of hydrogen-bond acceptors (Lipinski definition) is 2. The normalized spacial score (nSPS) is 23.1. The Kier molecular flexibility index (Phi) is 1.99. The molecule has 2 saturated heterocycles. The van der Waals surface area contributed by atoms with Crippen LogP contribution in [0.25, 0.3) is 0 Å². The summed E-state index contributed by atoms with van der Waals surface area (Å²) >= 11 is 2.33. The average molecular weight is 301 g/mol. The molecule has 2 heterocycles. The van der Waals surface area contributed by atoms with Crippen molar-refractivity contribution < 1.29 is 4.74 Å². The Labute approximate surface area is 97.4 Å². The van der Waals surface area contributed by atoms with Gasteiger partial charge in [-0.3, -0.25) is 0 Å². The molecule has 0 N–H and O–H groups in total. The highest BCUT2D eigenvalue weighted by Crippen LogP contribution is 2.38. The first kappa shape index (κ1) is 8.97. The van der Waals surface area contributed by atoms with Crippen molar-refractivity contribution in [2.75, 3.05) is 24.6 Å². The number of halogens is 1. The van der Waals surface area contributed by atoms with Gasteiger partial charge in [0.2, 0.25) is 0 Å². The highest BCUT2D eigenvalue weighted by atomic mass is 127. The van der Waals surface area contributed by atoms with E-state index in [0.29, 0.717) is 0 Å². The maximum atomic E-state index is 5.59. The van der Waals surface area contributed by atoms with E-state index in [1.807, 2.05) is 0 Å². The van der Waals surface area contributed by atoms with Crippen molar-refractivity contribution in [1.82, 2.24) is 0 Å². The quantitative estimate of drug-likeness (QED) is 0.738. The molecule has 2 fully saturated rings. The van der Waals surface area contributed by atoms with Crippen LogP contribution in [0.3, 0.4) is 0 Å². The maximum absolute atomic E-state index is 5.59. The number of nitrogens with zero attached hydrogens (tertiary/aromatic N) is 1. The smallest absolute Gasteiger partial charge is 0.105 e. The van der Waals surface area contributed by atoms with E-state index in [9.17, 15) is 0 Å². The Bertz CT molecular complexity index is 337. The van der Waals surface area contributed by atoms with Gasteiger partial charge in [-0.25, -0.2) is 0 Å². The summed E-state index contributed by atoms with van der Waals surface area (Å²) in [6.45, 7) is 3.11. The number of rotatable bonds is 1. The van der Waals surface area contributed by atoms with E-state index in [4.69, 9.17) is 4.74 Å². The highest BCUT2D eigenvalue weighted by Gasteiger charge is 2.49. The molecule has 1 aromatic rings. The molecule has 0 unspecified atom stereocenters. The van der Waals surface area contributed by atoms with Gasteiger partial charge in [0.15, 0.2) is 0 Å². The van der Waals surface area contributed by atoms with E-state index in [1.54, 1.807) is 0 Å². The second-order valence-corrected chi connectivity index (χ2v) is 5.36.